The second kappa shape index (κ2) is 3.59. The Morgan fingerprint density at radius 1 is 1.38 bits per heavy atom. The molecule has 86 valence electrons. The minimum atomic E-state index is -3.28. The first-order valence-electron chi connectivity index (χ1n) is 4.93. The summed E-state index contributed by atoms with van der Waals surface area (Å²) in [6.07, 6.45) is 1.67. The number of hydrogen-bond donors (Lipinski definition) is 1. The number of benzene rings is 1. The van der Waals surface area contributed by atoms with E-state index in [2.05, 4.69) is 0 Å². The van der Waals surface area contributed by atoms with Crippen LogP contribution in [-0.4, -0.2) is 25.7 Å². The third kappa shape index (κ3) is 1.95. The van der Waals surface area contributed by atoms with Crippen molar-refractivity contribution >= 4 is 15.8 Å². The molecule has 0 saturated heterocycles. The average Bonchev–Trinajstić information content (AvgIpc) is 2.95. The summed E-state index contributed by atoms with van der Waals surface area (Å²) in [7, 11) is -3.28. The van der Waals surface area contributed by atoms with Crippen molar-refractivity contribution in [3.63, 3.8) is 0 Å². The molecule has 1 N–H and O–H groups in total. The van der Waals surface area contributed by atoms with Crippen molar-refractivity contribution in [1.82, 2.24) is 0 Å². The summed E-state index contributed by atoms with van der Waals surface area (Å²) in [4.78, 5) is 11.0. The lowest BCUT2D eigenvalue weighted by Gasteiger charge is -2.06. The van der Waals surface area contributed by atoms with Gasteiger partial charge in [0.1, 0.15) is 0 Å². The Labute approximate surface area is 93.8 Å². The van der Waals surface area contributed by atoms with Crippen molar-refractivity contribution in [3.05, 3.63) is 29.8 Å². The van der Waals surface area contributed by atoms with Gasteiger partial charge in [-0.25, -0.2) is 8.42 Å². The first-order chi connectivity index (χ1) is 7.41. The molecule has 1 aromatic rings. The Morgan fingerprint density at radius 2 is 2.00 bits per heavy atom. The van der Waals surface area contributed by atoms with E-state index in [9.17, 15) is 13.2 Å². The Morgan fingerprint density at radius 3 is 2.50 bits per heavy atom. The summed E-state index contributed by atoms with van der Waals surface area (Å²) in [5.74, 6) is -1.43. The van der Waals surface area contributed by atoms with Crippen molar-refractivity contribution in [3.8, 4) is 0 Å². The molecule has 16 heavy (non-hydrogen) atoms. The van der Waals surface area contributed by atoms with Crippen LogP contribution in [0.4, 0.5) is 0 Å². The van der Waals surface area contributed by atoms with Crippen LogP contribution < -0.4 is 0 Å². The maximum Gasteiger partial charge on any atom is 0.307 e. The minimum absolute atomic E-state index is 0.150. The molecule has 1 aliphatic carbocycles. The van der Waals surface area contributed by atoms with Crippen LogP contribution in [-0.2, 0) is 14.6 Å². The van der Waals surface area contributed by atoms with E-state index in [1.54, 1.807) is 18.2 Å². The SMILES string of the molecule is CS(=O)(=O)c1ccccc1C1CC1C(=O)O. The summed E-state index contributed by atoms with van der Waals surface area (Å²) in [5, 5.41) is 8.83. The van der Waals surface area contributed by atoms with Crippen LogP contribution in [0.2, 0.25) is 0 Å². The topological polar surface area (TPSA) is 71.4 Å². The molecule has 2 rings (SSSR count). The maximum absolute atomic E-state index is 11.5. The van der Waals surface area contributed by atoms with Gasteiger partial charge in [0.15, 0.2) is 9.84 Å². The predicted molar refractivity (Wildman–Crippen MR) is 58.0 cm³/mol. The fourth-order valence-electron chi connectivity index (χ4n) is 1.94. The maximum atomic E-state index is 11.5. The molecule has 0 heterocycles. The molecule has 0 bridgehead atoms. The quantitative estimate of drug-likeness (QED) is 0.863. The number of sulfone groups is 1. The average molecular weight is 240 g/mol. The summed E-state index contributed by atoms with van der Waals surface area (Å²) in [6, 6.07) is 6.62. The molecule has 0 aliphatic heterocycles. The van der Waals surface area contributed by atoms with Gasteiger partial charge in [-0.3, -0.25) is 4.79 Å². The molecule has 0 amide bonds. The number of hydrogen-bond acceptors (Lipinski definition) is 3. The van der Waals surface area contributed by atoms with Crippen LogP contribution in [0.3, 0.4) is 0 Å². The first-order valence-corrected chi connectivity index (χ1v) is 6.82. The normalized spacial score (nSPS) is 24.1. The number of carbonyl (C=O) groups is 1. The Hall–Kier alpha value is -1.36. The van der Waals surface area contributed by atoms with Gasteiger partial charge in [-0.1, -0.05) is 18.2 Å². The van der Waals surface area contributed by atoms with E-state index in [0.29, 0.717) is 12.0 Å². The van der Waals surface area contributed by atoms with Crippen molar-refractivity contribution in [1.29, 1.82) is 0 Å². The summed E-state index contributed by atoms with van der Waals surface area (Å²) < 4.78 is 23.0. The summed E-state index contributed by atoms with van der Waals surface area (Å²) in [6.45, 7) is 0. The zero-order valence-electron chi connectivity index (χ0n) is 8.75. The van der Waals surface area contributed by atoms with Crippen LogP contribution in [0, 0.1) is 5.92 Å². The van der Waals surface area contributed by atoms with Gasteiger partial charge < -0.3 is 5.11 Å². The zero-order valence-corrected chi connectivity index (χ0v) is 9.57. The van der Waals surface area contributed by atoms with Crippen LogP contribution in [0.15, 0.2) is 29.2 Å². The highest BCUT2D eigenvalue weighted by atomic mass is 32.2. The zero-order chi connectivity index (χ0) is 11.9. The lowest BCUT2D eigenvalue weighted by atomic mass is 10.1. The van der Waals surface area contributed by atoms with Crippen molar-refractivity contribution in [2.45, 2.75) is 17.2 Å². The molecule has 1 saturated carbocycles. The van der Waals surface area contributed by atoms with E-state index in [1.165, 1.54) is 6.07 Å². The van der Waals surface area contributed by atoms with E-state index < -0.39 is 21.7 Å². The minimum Gasteiger partial charge on any atom is -0.481 e. The Kier molecular flexibility index (Phi) is 2.50. The lowest BCUT2D eigenvalue weighted by Crippen LogP contribution is -2.04. The molecule has 1 aliphatic rings. The fraction of sp³-hybridized carbons (Fsp3) is 0.364. The van der Waals surface area contributed by atoms with E-state index in [0.717, 1.165) is 6.26 Å². The van der Waals surface area contributed by atoms with Crippen LogP contribution in [0.25, 0.3) is 0 Å². The van der Waals surface area contributed by atoms with Gasteiger partial charge in [-0.2, -0.15) is 0 Å². The predicted octanol–water partition coefficient (Wildman–Crippen LogP) is 1.28. The Balaban J connectivity index is 2.40. The molecule has 1 fully saturated rings. The third-order valence-electron chi connectivity index (χ3n) is 2.83. The molecular formula is C11H12O4S. The number of aliphatic carboxylic acids is 1. The van der Waals surface area contributed by atoms with Gasteiger partial charge in [0.2, 0.25) is 0 Å². The van der Waals surface area contributed by atoms with E-state index >= 15 is 0 Å². The van der Waals surface area contributed by atoms with E-state index in [4.69, 9.17) is 5.11 Å². The Bertz CT molecular complexity index is 533. The summed E-state index contributed by atoms with van der Waals surface area (Å²) in [5.41, 5.74) is 0.636. The van der Waals surface area contributed by atoms with Crippen molar-refractivity contribution < 1.29 is 18.3 Å². The highest BCUT2D eigenvalue weighted by molar-refractivity contribution is 7.90. The molecular weight excluding hydrogens is 228 g/mol. The van der Waals surface area contributed by atoms with Crippen molar-refractivity contribution in [2.24, 2.45) is 5.92 Å². The van der Waals surface area contributed by atoms with E-state index in [-0.39, 0.29) is 10.8 Å². The highest BCUT2D eigenvalue weighted by Crippen LogP contribution is 2.49. The van der Waals surface area contributed by atoms with E-state index in [1.807, 2.05) is 0 Å². The molecule has 2 unspecified atom stereocenters. The standard InChI is InChI=1S/C11H12O4S/c1-16(14,15)10-5-3-2-4-7(10)8-6-9(8)11(12)13/h2-5,8-9H,6H2,1H3,(H,12,13). The molecule has 2 atom stereocenters. The monoisotopic (exact) mass is 240 g/mol. The third-order valence-corrected chi connectivity index (χ3v) is 4.00. The number of carboxylic acids is 1. The van der Waals surface area contributed by atoms with Gasteiger partial charge in [-0.05, 0) is 24.0 Å². The smallest absolute Gasteiger partial charge is 0.307 e. The van der Waals surface area contributed by atoms with Crippen LogP contribution in [0.1, 0.15) is 17.9 Å². The first kappa shape index (κ1) is 11.1. The molecule has 0 radical (unpaired) electrons. The fourth-order valence-corrected chi connectivity index (χ4v) is 2.91. The largest absolute Gasteiger partial charge is 0.481 e. The lowest BCUT2D eigenvalue weighted by molar-refractivity contribution is -0.138. The second-order valence-corrected chi connectivity index (χ2v) is 6.08. The highest BCUT2D eigenvalue weighted by Gasteiger charge is 2.45. The van der Waals surface area contributed by atoms with Crippen LogP contribution in [0.5, 0.6) is 0 Å². The van der Waals surface area contributed by atoms with Gasteiger partial charge in [0.25, 0.3) is 0 Å². The van der Waals surface area contributed by atoms with Gasteiger partial charge in [0, 0.05) is 6.26 Å². The molecule has 4 nitrogen and oxygen atoms in total. The molecule has 0 aromatic heterocycles. The second-order valence-electron chi connectivity index (χ2n) is 4.10. The molecule has 1 aromatic carbocycles. The molecule has 5 heteroatoms. The number of carboxylic acid groups (broad SMARTS) is 1. The van der Waals surface area contributed by atoms with Gasteiger partial charge in [0.05, 0.1) is 10.8 Å². The molecule has 0 spiro atoms. The van der Waals surface area contributed by atoms with Gasteiger partial charge in [-0.15, -0.1) is 0 Å². The summed E-state index contributed by atoms with van der Waals surface area (Å²) >= 11 is 0. The van der Waals surface area contributed by atoms with Crippen LogP contribution >= 0.6 is 0 Å². The number of rotatable bonds is 3. The van der Waals surface area contributed by atoms with Gasteiger partial charge >= 0.3 is 5.97 Å². The van der Waals surface area contributed by atoms with Crippen molar-refractivity contribution in [2.75, 3.05) is 6.26 Å².